The number of carbonyl (C=O) groups is 3. The van der Waals surface area contributed by atoms with Gasteiger partial charge in [-0.05, 0) is 35.3 Å². The van der Waals surface area contributed by atoms with E-state index in [9.17, 15) is 27.6 Å². The third-order valence-electron chi connectivity index (χ3n) is 6.26. The molecule has 2 fully saturated rings. The Morgan fingerprint density at radius 3 is 2.35 bits per heavy atom. The molecule has 3 amide bonds. The number of amides is 3. The molecule has 1 aliphatic carbocycles. The maximum Gasteiger partial charge on any atom is 0.471 e. The van der Waals surface area contributed by atoms with Gasteiger partial charge in [-0.1, -0.05) is 40.7 Å². The number of aromatic nitrogens is 2. The molecule has 3 atom stereocenters. The minimum Gasteiger partial charge on any atom is -0.341 e. The van der Waals surface area contributed by atoms with Crippen molar-refractivity contribution in [1.82, 2.24) is 25.1 Å². The maximum absolute atomic E-state index is 11.9. The van der Waals surface area contributed by atoms with E-state index in [4.69, 9.17) is 5.26 Å². The number of piperidine rings is 1. The normalized spacial score (nSPS) is 19.8. The van der Waals surface area contributed by atoms with Gasteiger partial charge in [-0.3, -0.25) is 14.4 Å². The summed E-state index contributed by atoms with van der Waals surface area (Å²) in [6.07, 6.45) is -1.05. The summed E-state index contributed by atoms with van der Waals surface area (Å²) in [5.41, 5.74) is 1.76. The molecule has 12 heteroatoms. The number of rotatable bonds is 5. The van der Waals surface area contributed by atoms with E-state index in [-0.39, 0.29) is 5.41 Å². The molecular formula is C25H33F3N6O3. The SMILES string of the molecule is CC(C)C.CC1(C)C2CN(C(=O)CNC(=O)C(F)(F)F)C[C@H]21.N#CC(NC=O)c1cnn2ccccc12. The third-order valence-corrected chi connectivity index (χ3v) is 6.26. The highest BCUT2D eigenvalue weighted by atomic mass is 19.4. The molecule has 0 spiro atoms. The lowest BCUT2D eigenvalue weighted by Crippen LogP contribution is -2.44. The van der Waals surface area contributed by atoms with E-state index in [1.807, 2.05) is 24.3 Å². The fraction of sp³-hybridized carbons (Fsp3) is 0.560. The second-order valence-corrected chi connectivity index (χ2v) is 10.2. The number of hydrogen-bond acceptors (Lipinski definition) is 5. The predicted octanol–water partition coefficient (Wildman–Crippen LogP) is 3.09. The van der Waals surface area contributed by atoms with Crippen LogP contribution in [-0.4, -0.2) is 58.5 Å². The zero-order chi connectivity index (χ0) is 28.0. The average Bonchev–Trinajstić information content (AvgIpc) is 3.23. The van der Waals surface area contributed by atoms with Crippen LogP contribution in [0.25, 0.3) is 5.52 Å². The van der Waals surface area contributed by atoms with Gasteiger partial charge in [-0.25, -0.2) is 4.52 Å². The standard InChI is InChI=1S/C11H15F3N2O2.C10H8N4O.C4H10/c1-10(2)6-4-16(5-7(6)10)8(17)3-15-9(18)11(12,13)14;11-5-9(12-7-15)8-6-13-14-4-2-1-3-10(8)14;1-4(2)3/h6-7H,3-5H2,1-2H3,(H,15,18);1-4,6-7,9H,(H,12,15);4H,1-3H3/t6-,7?;;/m1../s1. The van der Waals surface area contributed by atoms with Crippen LogP contribution in [0.2, 0.25) is 0 Å². The molecule has 1 aliphatic heterocycles. The first-order chi connectivity index (χ1) is 17.2. The van der Waals surface area contributed by atoms with Crippen LogP contribution in [0, 0.1) is 34.5 Å². The van der Waals surface area contributed by atoms with Gasteiger partial charge in [-0.2, -0.15) is 23.5 Å². The number of alkyl halides is 3. The summed E-state index contributed by atoms with van der Waals surface area (Å²) in [4.78, 5) is 34.0. The van der Waals surface area contributed by atoms with Crippen LogP contribution in [0.15, 0.2) is 30.6 Å². The topological polar surface area (TPSA) is 120 Å². The minimum atomic E-state index is -4.94. The van der Waals surface area contributed by atoms with Crippen LogP contribution in [0.4, 0.5) is 13.2 Å². The summed E-state index contributed by atoms with van der Waals surface area (Å²) in [7, 11) is 0. The molecule has 1 saturated heterocycles. The fourth-order valence-corrected chi connectivity index (χ4v) is 4.14. The van der Waals surface area contributed by atoms with Gasteiger partial charge in [-0.15, -0.1) is 0 Å². The van der Waals surface area contributed by atoms with Crippen molar-refractivity contribution in [1.29, 1.82) is 5.26 Å². The molecule has 37 heavy (non-hydrogen) atoms. The van der Waals surface area contributed by atoms with Gasteiger partial charge in [0.2, 0.25) is 12.3 Å². The first-order valence-electron chi connectivity index (χ1n) is 11.9. The van der Waals surface area contributed by atoms with Gasteiger partial charge < -0.3 is 15.5 Å². The first kappa shape index (κ1) is 29.6. The maximum atomic E-state index is 11.9. The molecule has 2 N–H and O–H groups in total. The Hall–Kier alpha value is -3.62. The number of likely N-dealkylation sites (tertiary alicyclic amines) is 1. The molecule has 0 radical (unpaired) electrons. The Morgan fingerprint density at radius 2 is 1.84 bits per heavy atom. The Labute approximate surface area is 214 Å². The summed E-state index contributed by atoms with van der Waals surface area (Å²) in [6.45, 7) is 11.3. The van der Waals surface area contributed by atoms with Crippen LogP contribution >= 0.6 is 0 Å². The Bertz CT molecular complexity index is 1120. The zero-order valence-corrected chi connectivity index (χ0v) is 21.5. The van der Waals surface area contributed by atoms with Gasteiger partial charge in [0, 0.05) is 24.8 Å². The van der Waals surface area contributed by atoms with Crippen molar-refractivity contribution in [2.45, 2.75) is 46.8 Å². The number of nitriles is 1. The van der Waals surface area contributed by atoms with Crippen molar-refractivity contribution in [2.24, 2.45) is 23.2 Å². The average molecular weight is 523 g/mol. The molecule has 2 aromatic heterocycles. The molecule has 0 bridgehead atoms. The van der Waals surface area contributed by atoms with E-state index < -0.39 is 30.6 Å². The lowest BCUT2D eigenvalue weighted by Gasteiger charge is -2.22. The minimum absolute atomic E-state index is 0.242. The van der Waals surface area contributed by atoms with Crippen LogP contribution in [0.1, 0.15) is 46.2 Å². The summed E-state index contributed by atoms with van der Waals surface area (Å²) in [5.74, 6) is -0.796. The van der Waals surface area contributed by atoms with Crippen molar-refractivity contribution in [3.63, 3.8) is 0 Å². The van der Waals surface area contributed by atoms with Crippen LogP contribution in [-0.2, 0) is 14.4 Å². The summed E-state index contributed by atoms with van der Waals surface area (Å²) in [5, 5.41) is 17.0. The Kier molecular flexibility index (Phi) is 9.67. The van der Waals surface area contributed by atoms with Crippen molar-refractivity contribution in [3.8, 4) is 6.07 Å². The van der Waals surface area contributed by atoms with E-state index in [1.165, 1.54) is 4.90 Å². The molecule has 2 unspecified atom stereocenters. The molecule has 3 heterocycles. The van der Waals surface area contributed by atoms with Crippen molar-refractivity contribution >= 4 is 23.7 Å². The highest BCUT2D eigenvalue weighted by Crippen LogP contribution is 2.61. The molecule has 9 nitrogen and oxygen atoms in total. The van der Waals surface area contributed by atoms with E-state index in [2.05, 4.69) is 45.0 Å². The van der Waals surface area contributed by atoms with Crippen LogP contribution in [0.3, 0.4) is 0 Å². The molecule has 0 aromatic carbocycles. The second-order valence-electron chi connectivity index (χ2n) is 10.2. The van der Waals surface area contributed by atoms with Gasteiger partial charge >= 0.3 is 12.1 Å². The number of halogens is 3. The third kappa shape index (κ3) is 7.68. The van der Waals surface area contributed by atoms with Crippen molar-refractivity contribution in [3.05, 3.63) is 36.2 Å². The number of nitrogens with one attached hydrogen (secondary N) is 2. The Morgan fingerprint density at radius 1 is 1.24 bits per heavy atom. The molecular weight excluding hydrogens is 489 g/mol. The molecule has 2 aliphatic rings. The predicted molar refractivity (Wildman–Crippen MR) is 130 cm³/mol. The highest BCUT2D eigenvalue weighted by molar-refractivity contribution is 5.87. The Balaban J connectivity index is 0.000000230. The lowest BCUT2D eigenvalue weighted by molar-refractivity contribution is -0.174. The fourth-order valence-electron chi connectivity index (χ4n) is 4.14. The highest BCUT2D eigenvalue weighted by Gasteiger charge is 2.62. The van der Waals surface area contributed by atoms with E-state index >= 15 is 0 Å². The van der Waals surface area contributed by atoms with E-state index in [1.54, 1.807) is 22.2 Å². The molecule has 4 rings (SSSR count). The first-order valence-corrected chi connectivity index (χ1v) is 11.9. The quantitative estimate of drug-likeness (QED) is 0.585. The van der Waals surface area contributed by atoms with E-state index in [0.29, 0.717) is 36.9 Å². The number of nitrogens with zero attached hydrogens (tertiary/aromatic N) is 4. The van der Waals surface area contributed by atoms with Crippen LogP contribution in [0.5, 0.6) is 0 Å². The number of carbonyl (C=O) groups excluding carboxylic acids is 3. The smallest absolute Gasteiger partial charge is 0.341 e. The number of fused-ring (bicyclic) bond motifs is 2. The monoisotopic (exact) mass is 522 g/mol. The van der Waals surface area contributed by atoms with Crippen LogP contribution < -0.4 is 10.6 Å². The zero-order valence-electron chi connectivity index (χ0n) is 21.5. The number of hydrogen-bond donors (Lipinski definition) is 2. The molecule has 1 saturated carbocycles. The van der Waals surface area contributed by atoms with Crippen molar-refractivity contribution < 1.29 is 27.6 Å². The summed E-state index contributed by atoms with van der Waals surface area (Å²) >= 11 is 0. The van der Waals surface area contributed by atoms with E-state index in [0.717, 1.165) is 11.4 Å². The van der Waals surface area contributed by atoms with Gasteiger partial charge in [0.05, 0.1) is 24.3 Å². The molecule has 2 aromatic rings. The van der Waals surface area contributed by atoms with Gasteiger partial charge in [0.1, 0.15) is 6.04 Å². The number of pyridine rings is 1. The summed E-state index contributed by atoms with van der Waals surface area (Å²) in [6, 6.07) is 6.90. The van der Waals surface area contributed by atoms with Gasteiger partial charge in [0.15, 0.2) is 0 Å². The van der Waals surface area contributed by atoms with Gasteiger partial charge in [0.25, 0.3) is 0 Å². The lowest BCUT2D eigenvalue weighted by atomic mass is 10.1. The second kappa shape index (κ2) is 12.1. The largest absolute Gasteiger partial charge is 0.471 e. The van der Waals surface area contributed by atoms with Crippen molar-refractivity contribution in [2.75, 3.05) is 19.6 Å². The molecule has 202 valence electrons. The summed E-state index contributed by atoms with van der Waals surface area (Å²) < 4.78 is 37.4.